The summed E-state index contributed by atoms with van der Waals surface area (Å²) in [6, 6.07) is 15.7. The number of para-hydroxylation sites is 2. The molecule has 2 N–H and O–H groups in total. The molecule has 26 heavy (non-hydrogen) atoms. The summed E-state index contributed by atoms with van der Waals surface area (Å²) in [6.45, 7) is 2.44. The van der Waals surface area contributed by atoms with Gasteiger partial charge < -0.3 is 4.98 Å². The van der Waals surface area contributed by atoms with E-state index in [-0.39, 0.29) is 12.3 Å². The van der Waals surface area contributed by atoms with E-state index < -0.39 is 0 Å². The minimum absolute atomic E-state index is 0.168. The van der Waals surface area contributed by atoms with Crippen molar-refractivity contribution in [3.05, 3.63) is 59.8 Å². The van der Waals surface area contributed by atoms with Crippen LogP contribution in [-0.2, 0) is 11.3 Å². The van der Waals surface area contributed by atoms with E-state index >= 15 is 0 Å². The number of nitrogens with one attached hydrogen (secondary N) is 2. The molecule has 4 rings (SSSR count). The monoisotopic (exact) mass is 346 g/mol. The number of carbonyl (C=O) groups excluding carboxylic acids is 1. The van der Waals surface area contributed by atoms with Gasteiger partial charge in [0.1, 0.15) is 5.52 Å². The first kappa shape index (κ1) is 16.0. The number of aromatic amines is 1. The molecule has 7 nitrogen and oxygen atoms in total. The maximum absolute atomic E-state index is 12.1. The fraction of sp³-hybridized carbons (Fsp3) is 0.158. The zero-order valence-corrected chi connectivity index (χ0v) is 14.3. The second-order valence-corrected chi connectivity index (χ2v) is 6.05. The topological polar surface area (TPSA) is 88.0 Å². The van der Waals surface area contributed by atoms with Crippen LogP contribution in [-0.4, -0.2) is 32.1 Å². The van der Waals surface area contributed by atoms with Gasteiger partial charge in [0.2, 0.25) is 5.91 Å². The first-order valence-corrected chi connectivity index (χ1v) is 8.40. The van der Waals surface area contributed by atoms with Gasteiger partial charge in [-0.05, 0) is 25.1 Å². The van der Waals surface area contributed by atoms with Gasteiger partial charge in [0, 0.05) is 28.6 Å². The third-order valence-electron chi connectivity index (χ3n) is 4.30. The second kappa shape index (κ2) is 6.79. The van der Waals surface area contributed by atoms with Gasteiger partial charge in [0.25, 0.3) is 0 Å². The van der Waals surface area contributed by atoms with Gasteiger partial charge in [0.05, 0.1) is 18.3 Å². The summed E-state index contributed by atoms with van der Waals surface area (Å²) in [7, 11) is 0. The van der Waals surface area contributed by atoms with Crippen LogP contribution >= 0.6 is 0 Å². The minimum Gasteiger partial charge on any atom is -0.358 e. The standard InChI is InChI=1S/C19H18N6O/c1-13-15(14-6-2-3-7-16(14)21-13)12-20-23-19(26)10-11-25-18-9-5-4-8-17(18)22-24-25/h2-9,12,21H,10-11H2,1H3,(H,23,26)/b20-12+. The molecule has 0 atom stereocenters. The molecular weight excluding hydrogens is 328 g/mol. The zero-order valence-electron chi connectivity index (χ0n) is 14.3. The lowest BCUT2D eigenvalue weighted by atomic mass is 10.1. The number of carbonyl (C=O) groups is 1. The molecule has 2 aromatic carbocycles. The summed E-state index contributed by atoms with van der Waals surface area (Å²) >= 11 is 0. The molecule has 0 spiro atoms. The van der Waals surface area contributed by atoms with Crippen molar-refractivity contribution in [2.24, 2.45) is 5.10 Å². The molecule has 7 heteroatoms. The molecule has 0 saturated heterocycles. The molecule has 4 aromatic rings. The van der Waals surface area contributed by atoms with Crippen molar-refractivity contribution in [3.8, 4) is 0 Å². The second-order valence-electron chi connectivity index (χ2n) is 6.05. The van der Waals surface area contributed by atoms with E-state index in [9.17, 15) is 4.79 Å². The molecule has 130 valence electrons. The Morgan fingerprint density at radius 2 is 2.04 bits per heavy atom. The number of nitrogens with zero attached hydrogens (tertiary/aromatic N) is 4. The lowest BCUT2D eigenvalue weighted by molar-refractivity contribution is -0.121. The predicted octanol–water partition coefficient (Wildman–Crippen LogP) is 2.76. The van der Waals surface area contributed by atoms with E-state index in [1.54, 1.807) is 10.9 Å². The summed E-state index contributed by atoms with van der Waals surface area (Å²) in [5, 5.41) is 13.3. The van der Waals surface area contributed by atoms with E-state index in [0.717, 1.165) is 33.2 Å². The van der Waals surface area contributed by atoms with E-state index in [1.165, 1.54) is 0 Å². The van der Waals surface area contributed by atoms with Gasteiger partial charge in [0.15, 0.2) is 0 Å². The van der Waals surface area contributed by atoms with Crippen molar-refractivity contribution in [2.45, 2.75) is 19.9 Å². The molecule has 2 aromatic heterocycles. The first-order chi connectivity index (χ1) is 12.7. The molecular formula is C19H18N6O. The normalized spacial score (nSPS) is 11.6. The van der Waals surface area contributed by atoms with E-state index in [1.807, 2.05) is 55.5 Å². The summed E-state index contributed by atoms with van der Waals surface area (Å²) in [6.07, 6.45) is 1.95. The van der Waals surface area contributed by atoms with Crippen molar-refractivity contribution in [1.82, 2.24) is 25.4 Å². The van der Waals surface area contributed by atoms with Crippen LogP contribution in [0.25, 0.3) is 21.9 Å². The third kappa shape index (κ3) is 3.06. The van der Waals surface area contributed by atoms with Crippen LogP contribution in [0.3, 0.4) is 0 Å². The van der Waals surface area contributed by atoms with Crippen LogP contribution in [0.1, 0.15) is 17.7 Å². The van der Waals surface area contributed by atoms with Gasteiger partial charge in [-0.25, -0.2) is 10.1 Å². The van der Waals surface area contributed by atoms with Crippen LogP contribution in [0.4, 0.5) is 0 Å². The van der Waals surface area contributed by atoms with E-state index in [4.69, 9.17) is 0 Å². The molecule has 0 saturated carbocycles. The number of rotatable bonds is 5. The molecule has 0 radical (unpaired) electrons. The quantitative estimate of drug-likeness (QED) is 0.430. The molecule has 0 aliphatic rings. The Kier molecular flexibility index (Phi) is 4.18. The highest BCUT2D eigenvalue weighted by atomic mass is 16.2. The van der Waals surface area contributed by atoms with Crippen molar-refractivity contribution in [1.29, 1.82) is 0 Å². The van der Waals surface area contributed by atoms with Crippen molar-refractivity contribution in [3.63, 3.8) is 0 Å². The summed E-state index contributed by atoms with van der Waals surface area (Å²) in [5.74, 6) is -0.168. The Labute approximate surface area is 149 Å². The molecule has 0 aliphatic carbocycles. The van der Waals surface area contributed by atoms with Crippen LogP contribution in [0.5, 0.6) is 0 Å². The van der Waals surface area contributed by atoms with Crippen LogP contribution < -0.4 is 5.43 Å². The van der Waals surface area contributed by atoms with Gasteiger partial charge in [-0.2, -0.15) is 5.10 Å². The zero-order chi connectivity index (χ0) is 17.9. The highest BCUT2D eigenvalue weighted by molar-refractivity contribution is 6.00. The fourth-order valence-electron chi connectivity index (χ4n) is 2.98. The number of hydrogen-bond acceptors (Lipinski definition) is 4. The van der Waals surface area contributed by atoms with Gasteiger partial charge in [-0.15, -0.1) is 5.10 Å². The number of aryl methyl sites for hydroxylation is 2. The Balaban J connectivity index is 1.39. The Morgan fingerprint density at radius 1 is 1.23 bits per heavy atom. The highest BCUT2D eigenvalue weighted by Gasteiger charge is 2.07. The number of hydrazone groups is 1. The molecule has 0 bridgehead atoms. The predicted molar refractivity (Wildman–Crippen MR) is 101 cm³/mol. The number of hydrogen-bond donors (Lipinski definition) is 2. The Bertz CT molecular complexity index is 1110. The van der Waals surface area contributed by atoms with Crippen LogP contribution in [0.15, 0.2) is 53.6 Å². The van der Waals surface area contributed by atoms with Gasteiger partial charge in [-0.3, -0.25) is 4.79 Å². The number of amides is 1. The molecule has 0 unspecified atom stereocenters. The van der Waals surface area contributed by atoms with Crippen molar-refractivity contribution in [2.75, 3.05) is 0 Å². The average molecular weight is 346 g/mol. The number of benzene rings is 2. The van der Waals surface area contributed by atoms with E-state index in [2.05, 4.69) is 25.8 Å². The van der Waals surface area contributed by atoms with E-state index in [0.29, 0.717) is 6.54 Å². The smallest absolute Gasteiger partial charge is 0.241 e. The Hall–Kier alpha value is -3.48. The minimum atomic E-state index is -0.168. The summed E-state index contributed by atoms with van der Waals surface area (Å²) < 4.78 is 1.72. The summed E-state index contributed by atoms with van der Waals surface area (Å²) in [5.41, 5.74) is 7.35. The van der Waals surface area contributed by atoms with Crippen molar-refractivity contribution >= 4 is 34.1 Å². The highest BCUT2D eigenvalue weighted by Crippen LogP contribution is 2.19. The Morgan fingerprint density at radius 3 is 2.96 bits per heavy atom. The third-order valence-corrected chi connectivity index (χ3v) is 4.30. The lowest BCUT2D eigenvalue weighted by Crippen LogP contribution is -2.19. The number of fused-ring (bicyclic) bond motifs is 2. The fourth-order valence-corrected chi connectivity index (χ4v) is 2.98. The maximum atomic E-state index is 12.1. The molecule has 0 aliphatic heterocycles. The van der Waals surface area contributed by atoms with Crippen LogP contribution in [0.2, 0.25) is 0 Å². The van der Waals surface area contributed by atoms with Gasteiger partial charge in [-0.1, -0.05) is 35.5 Å². The molecule has 0 fully saturated rings. The van der Waals surface area contributed by atoms with Crippen LogP contribution in [0, 0.1) is 6.92 Å². The van der Waals surface area contributed by atoms with Crippen molar-refractivity contribution < 1.29 is 4.79 Å². The molecule has 1 amide bonds. The molecule has 2 heterocycles. The average Bonchev–Trinajstić information content (AvgIpc) is 3.21. The SMILES string of the molecule is Cc1[nH]c2ccccc2c1/C=N/NC(=O)CCn1nnc2ccccc21. The lowest BCUT2D eigenvalue weighted by Gasteiger charge is -2.01. The van der Waals surface area contributed by atoms with Gasteiger partial charge >= 0.3 is 0 Å². The number of H-pyrrole nitrogens is 1. The largest absolute Gasteiger partial charge is 0.358 e. The maximum Gasteiger partial charge on any atom is 0.241 e. The summed E-state index contributed by atoms with van der Waals surface area (Å²) in [4.78, 5) is 15.4. The first-order valence-electron chi connectivity index (χ1n) is 8.40. The number of aromatic nitrogens is 4.